The lowest BCUT2D eigenvalue weighted by molar-refractivity contribution is 0.0355. The van der Waals surface area contributed by atoms with E-state index in [4.69, 9.17) is 9.47 Å². The molecule has 1 aromatic carbocycles. The van der Waals surface area contributed by atoms with Gasteiger partial charge in [0.15, 0.2) is 5.76 Å². The molecule has 3 heterocycles. The van der Waals surface area contributed by atoms with Crippen molar-refractivity contribution in [2.45, 2.75) is 50.1 Å². The van der Waals surface area contributed by atoms with E-state index < -0.39 is 10.0 Å². The first-order valence-corrected chi connectivity index (χ1v) is 13.5. The van der Waals surface area contributed by atoms with Crippen LogP contribution in [0.25, 0.3) is 10.9 Å². The van der Waals surface area contributed by atoms with Gasteiger partial charge in [-0.05, 0) is 43.0 Å². The number of hydrogen-bond acceptors (Lipinski definition) is 5. The van der Waals surface area contributed by atoms with E-state index >= 15 is 0 Å². The first-order valence-electron chi connectivity index (χ1n) is 12.0. The minimum Gasteiger partial charge on any atom is -0.490 e. The van der Waals surface area contributed by atoms with Gasteiger partial charge in [0.2, 0.25) is 10.0 Å². The normalized spacial score (nSPS) is 30.3. The van der Waals surface area contributed by atoms with Crippen molar-refractivity contribution in [3.05, 3.63) is 59.7 Å². The van der Waals surface area contributed by atoms with Gasteiger partial charge in [0.25, 0.3) is 0 Å². The number of likely N-dealkylation sites (tertiary alicyclic amines) is 1. The summed E-state index contributed by atoms with van der Waals surface area (Å²) in [5, 5.41) is 1.00. The van der Waals surface area contributed by atoms with Gasteiger partial charge in [-0.3, -0.25) is 4.90 Å². The van der Waals surface area contributed by atoms with E-state index in [1.165, 1.54) is 10.9 Å². The van der Waals surface area contributed by atoms with Crippen LogP contribution >= 0.6 is 0 Å². The minimum atomic E-state index is -3.28. The molecule has 0 radical (unpaired) electrons. The molecule has 1 saturated heterocycles. The van der Waals surface area contributed by atoms with E-state index in [0.717, 1.165) is 49.4 Å². The van der Waals surface area contributed by atoms with Gasteiger partial charge < -0.3 is 14.5 Å². The first kappa shape index (κ1) is 21.3. The highest BCUT2D eigenvalue weighted by atomic mass is 32.2. The molecular formula is C25H31N3O4S. The van der Waals surface area contributed by atoms with Gasteiger partial charge in [0, 0.05) is 54.1 Å². The third-order valence-corrected chi connectivity index (χ3v) is 9.58. The number of sulfonamides is 1. The fourth-order valence-electron chi connectivity index (χ4n) is 5.78. The molecule has 4 unspecified atom stereocenters. The smallest absolute Gasteiger partial charge is 0.214 e. The van der Waals surface area contributed by atoms with Crippen molar-refractivity contribution in [2.75, 3.05) is 19.8 Å². The fourth-order valence-corrected chi connectivity index (χ4v) is 7.41. The summed E-state index contributed by atoms with van der Waals surface area (Å²) in [6.45, 7) is 4.94. The SMILES string of the molecule is CC1C2=C(C=CC1C1C(NS(=O)(=O)C3CC3)CCN1Cc1cccc3[nH]ccc13)OCCO2. The lowest BCUT2D eigenvalue weighted by atomic mass is 9.79. The largest absolute Gasteiger partial charge is 0.490 e. The molecular weight excluding hydrogens is 438 g/mol. The van der Waals surface area contributed by atoms with Crippen LogP contribution in [0.5, 0.6) is 0 Å². The highest BCUT2D eigenvalue weighted by Gasteiger charge is 2.47. The first-order chi connectivity index (χ1) is 16.0. The van der Waals surface area contributed by atoms with Gasteiger partial charge >= 0.3 is 0 Å². The number of fused-ring (bicyclic) bond motifs is 1. The van der Waals surface area contributed by atoms with Crippen LogP contribution in [0, 0.1) is 11.8 Å². The third-order valence-electron chi connectivity index (χ3n) is 7.60. The second kappa shape index (κ2) is 8.18. The molecule has 1 saturated carbocycles. The zero-order valence-electron chi connectivity index (χ0n) is 18.9. The van der Waals surface area contributed by atoms with E-state index in [0.29, 0.717) is 13.2 Å². The highest BCUT2D eigenvalue weighted by molar-refractivity contribution is 7.90. The molecule has 1 aromatic heterocycles. The van der Waals surface area contributed by atoms with E-state index in [2.05, 4.69) is 51.9 Å². The molecule has 6 rings (SSSR count). The number of benzene rings is 1. The number of rotatable bonds is 6. The second-order valence-corrected chi connectivity index (χ2v) is 11.7. The minimum absolute atomic E-state index is 0.0403. The molecule has 0 spiro atoms. The molecule has 0 bridgehead atoms. The molecule has 8 heteroatoms. The van der Waals surface area contributed by atoms with Gasteiger partial charge in [-0.15, -0.1) is 0 Å². The van der Waals surface area contributed by atoms with E-state index in [1.54, 1.807) is 0 Å². The molecule has 2 fully saturated rings. The predicted octanol–water partition coefficient (Wildman–Crippen LogP) is 3.27. The quantitative estimate of drug-likeness (QED) is 0.679. The summed E-state index contributed by atoms with van der Waals surface area (Å²) < 4.78 is 40.7. The summed E-state index contributed by atoms with van der Waals surface area (Å²) in [6.07, 6.45) is 8.55. The van der Waals surface area contributed by atoms with Gasteiger partial charge in [0.05, 0.1) is 5.25 Å². The number of nitrogens with one attached hydrogen (secondary N) is 2. The predicted molar refractivity (Wildman–Crippen MR) is 127 cm³/mol. The van der Waals surface area contributed by atoms with Crippen LogP contribution < -0.4 is 4.72 Å². The summed E-state index contributed by atoms with van der Waals surface area (Å²) in [7, 11) is -3.28. The van der Waals surface area contributed by atoms with Crippen molar-refractivity contribution in [3.8, 4) is 0 Å². The summed E-state index contributed by atoms with van der Waals surface area (Å²) in [5.74, 6) is 1.97. The number of aromatic amines is 1. The molecule has 2 N–H and O–H groups in total. The average Bonchev–Trinajstić information content (AvgIpc) is 3.46. The Labute approximate surface area is 194 Å². The van der Waals surface area contributed by atoms with Crippen LogP contribution in [0.15, 0.2) is 54.1 Å². The molecule has 0 amide bonds. The molecule has 2 aliphatic carbocycles. The Morgan fingerprint density at radius 2 is 2.00 bits per heavy atom. The summed E-state index contributed by atoms with van der Waals surface area (Å²) in [4.78, 5) is 5.76. The topological polar surface area (TPSA) is 83.7 Å². The molecule has 7 nitrogen and oxygen atoms in total. The monoisotopic (exact) mass is 469 g/mol. The Hall–Kier alpha value is -2.29. The van der Waals surface area contributed by atoms with Gasteiger partial charge in [-0.25, -0.2) is 13.1 Å². The Kier molecular flexibility index (Phi) is 5.27. The average molecular weight is 470 g/mol. The molecule has 33 heavy (non-hydrogen) atoms. The van der Waals surface area contributed by atoms with Crippen molar-refractivity contribution >= 4 is 20.9 Å². The van der Waals surface area contributed by atoms with Crippen LogP contribution in [0.2, 0.25) is 0 Å². The van der Waals surface area contributed by atoms with Crippen molar-refractivity contribution in [2.24, 2.45) is 11.8 Å². The van der Waals surface area contributed by atoms with Crippen LogP contribution in [-0.4, -0.2) is 55.4 Å². The summed E-state index contributed by atoms with van der Waals surface area (Å²) in [6, 6.07) is 8.39. The van der Waals surface area contributed by atoms with Crippen molar-refractivity contribution in [3.63, 3.8) is 0 Å². The van der Waals surface area contributed by atoms with Gasteiger partial charge in [-0.2, -0.15) is 0 Å². The number of H-pyrrole nitrogens is 1. The standard InChI is InChI=1S/C25H31N3O4S/c1-16-19(7-8-23-25(16)32-14-13-31-23)24-22(27-33(29,30)18-5-6-18)10-12-28(24)15-17-3-2-4-21-20(17)9-11-26-21/h2-4,7-9,11,16,18-19,22,24,26-27H,5-6,10,12-15H2,1H3. The van der Waals surface area contributed by atoms with E-state index in [1.807, 2.05) is 12.3 Å². The lowest BCUT2D eigenvalue weighted by Crippen LogP contribution is -2.51. The molecule has 2 aromatic rings. The van der Waals surface area contributed by atoms with Gasteiger partial charge in [-0.1, -0.05) is 25.1 Å². The fraction of sp³-hybridized carbons (Fsp3) is 0.520. The number of aromatic nitrogens is 1. The van der Waals surface area contributed by atoms with Crippen molar-refractivity contribution in [1.29, 1.82) is 0 Å². The number of nitrogens with zero attached hydrogens (tertiary/aromatic N) is 1. The number of ether oxygens (including phenoxy) is 2. The Bertz CT molecular complexity index is 1210. The van der Waals surface area contributed by atoms with Crippen LogP contribution in [0.4, 0.5) is 0 Å². The zero-order valence-corrected chi connectivity index (χ0v) is 19.7. The zero-order chi connectivity index (χ0) is 22.6. The van der Waals surface area contributed by atoms with Gasteiger partial charge in [0.1, 0.15) is 19.0 Å². The molecule has 176 valence electrons. The number of allylic oxidation sites excluding steroid dienone is 2. The number of hydrogen-bond donors (Lipinski definition) is 2. The maximum Gasteiger partial charge on any atom is 0.214 e. The molecule has 4 aliphatic rings. The van der Waals surface area contributed by atoms with Crippen LogP contribution in [0.1, 0.15) is 31.7 Å². The lowest BCUT2D eigenvalue weighted by Gasteiger charge is -2.40. The van der Waals surface area contributed by atoms with Crippen LogP contribution in [0.3, 0.4) is 0 Å². The van der Waals surface area contributed by atoms with Crippen molar-refractivity contribution in [1.82, 2.24) is 14.6 Å². The van der Waals surface area contributed by atoms with E-state index in [-0.39, 0.29) is 29.2 Å². The molecule has 2 aliphatic heterocycles. The maximum atomic E-state index is 12.9. The highest BCUT2D eigenvalue weighted by Crippen LogP contribution is 2.41. The molecule has 4 atom stereocenters. The second-order valence-electron chi connectivity index (χ2n) is 9.73. The van der Waals surface area contributed by atoms with Crippen molar-refractivity contribution < 1.29 is 17.9 Å². The van der Waals surface area contributed by atoms with E-state index in [9.17, 15) is 8.42 Å². The Balaban J connectivity index is 1.32. The summed E-state index contributed by atoms with van der Waals surface area (Å²) >= 11 is 0. The summed E-state index contributed by atoms with van der Waals surface area (Å²) in [5.41, 5.74) is 2.39. The maximum absolute atomic E-state index is 12.9. The van der Waals surface area contributed by atoms with Crippen LogP contribution in [-0.2, 0) is 26.0 Å². The Morgan fingerprint density at radius 1 is 1.15 bits per heavy atom. The Morgan fingerprint density at radius 3 is 2.85 bits per heavy atom. The third kappa shape index (κ3) is 3.88.